The van der Waals surface area contributed by atoms with E-state index in [2.05, 4.69) is 11.8 Å². The molecule has 0 amide bonds. The molecule has 0 unspecified atom stereocenters. The average molecular weight is 486 g/mol. The fourth-order valence-corrected chi connectivity index (χ4v) is 4.48. The number of aliphatic hydroxyl groups excluding tert-OH is 2. The minimum Gasteiger partial charge on any atom is -0.466 e. The zero-order chi connectivity index (χ0) is 25.2. The van der Waals surface area contributed by atoms with Gasteiger partial charge in [0.1, 0.15) is 5.78 Å². The lowest BCUT2D eigenvalue weighted by Crippen LogP contribution is -2.22. The van der Waals surface area contributed by atoms with E-state index in [0.717, 1.165) is 12.8 Å². The van der Waals surface area contributed by atoms with E-state index in [0.29, 0.717) is 44.9 Å². The van der Waals surface area contributed by atoms with E-state index >= 15 is 0 Å². The summed E-state index contributed by atoms with van der Waals surface area (Å²) in [4.78, 5) is 38.0. The minimum absolute atomic E-state index is 0.0602. The van der Waals surface area contributed by atoms with Gasteiger partial charge in [-0.25, -0.2) is 0 Å². The lowest BCUT2D eigenvalue weighted by molar-refractivity contribution is -0.757. The van der Waals surface area contributed by atoms with Crippen molar-refractivity contribution in [1.82, 2.24) is 0 Å². The topological polar surface area (TPSA) is 136 Å². The Labute approximate surface area is 203 Å². The molecule has 9 heteroatoms. The molecule has 9 nitrogen and oxygen atoms in total. The van der Waals surface area contributed by atoms with Gasteiger partial charge in [-0.3, -0.25) is 9.59 Å². The van der Waals surface area contributed by atoms with E-state index in [-0.39, 0.29) is 49.6 Å². The fraction of sp³-hybridized carbons (Fsp3) is 0.840. The van der Waals surface area contributed by atoms with Crippen molar-refractivity contribution < 1.29 is 34.5 Å². The van der Waals surface area contributed by atoms with Crippen molar-refractivity contribution in [1.29, 1.82) is 0 Å². The number of aliphatic hydroxyl groups is 2. The molecule has 0 bridgehead atoms. The fourth-order valence-electron chi connectivity index (χ4n) is 4.48. The second-order valence-electron chi connectivity index (χ2n) is 9.17. The molecule has 0 aromatic heterocycles. The number of unbranched alkanes of at least 4 members (excludes halogenated alkanes) is 5. The van der Waals surface area contributed by atoms with Crippen LogP contribution in [0.2, 0.25) is 0 Å². The molecule has 0 spiro atoms. The van der Waals surface area contributed by atoms with Gasteiger partial charge in [0.25, 0.3) is 5.09 Å². The van der Waals surface area contributed by atoms with Gasteiger partial charge in [0.2, 0.25) is 0 Å². The Balaban J connectivity index is 2.22. The second kappa shape index (κ2) is 18.3. The molecule has 196 valence electrons. The number of esters is 1. The molecule has 1 saturated carbocycles. The summed E-state index contributed by atoms with van der Waals surface area (Å²) in [5, 5.41) is 29.9. The summed E-state index contributed by atoms with van der Waals surface area (Å²) in [5.41, 5.74) is 0. The molecular weight excluding hydrogens is 442 g/mol. The lowest BCUT2D eigenvalue weighted by atomic mass is 9.86. The predicted octanol–water partition coefficient (Wildman–Crippen LogP) is 4.31. The van der Waals surface area contributed by atoms with Crippen molar-refractivity contribution in [3.8, 4) is 0 Å². The SMILES string of the molecule is CCCCCCCC(=O)CC[C@@H]1[C@@H](CC=CCCCC(=O)OCCCO[N+](=O)[O-])[C@@H](O)C[C@H]1O. The Kier molecular flexibility index (Phi) is 16.2. The number of hydrogen-bond donors (Lipinski definition) is 2. The number of allylic oxidation sites excluding steroid dienone is 2. The van der Waals surface area contributed by atoms with E-state index in [4.69, 9.17) is 4.74 Å². The maximum Gasteiger partial charge on any atom is 0.305 e. The first-order valence-corrected chi connectivity index (χ1v) is 12.8. The summed E-state index contributed by atoms with van der Waals surface area (Å²) in [6, 6.07) is 0. The summed E-state index contributed by atoms with van der Waals surface area (Å²) < 4.78 is 4.99. The first-order valence-electron chi connectivity index (χ1n) is 12.8. The summed E-state index contributed by atoms with van der Waals surface area (Å²) in [6.07, 6.45) is 12.9. The van der Waals surface area contributed by atoms with Gasteiger partial charge in [-0.05, 0) is 50.4 Å². The van der Waals surface area contributed by atoms with Crippen molar-refractivity contribution in [3.05, 3.63) is 22.3 Å². The van der Waals surface area contributed by atoms with Crippen LogP contribution < -0.4 is 0 Å². The van der Waals surface area contributed by atoms with E-state index in [1.807, 2.05) is 12.2 Å². The zero-order valence-electron chi connectivity index (χ0n) is 20.6. The third-order valence-electron chi connectivity index (χ3n) is 6.41. The van der Waals surface area contributed by atoms with Crippen LogP contribution in [0.4, 0.5) is 0 Å². The monoisotopic (exact) mass is 485 g/mol. The van der Waals surface area contributed by atoms with Crippen molar-refractivity contribution >= 4 is 11.8 Å². The first kappa shape index (κ1) is 30.0. The Morgan fingerprint density at radius 3 is 2.41 bits per heavy atom. The van der Waals surface area contributed by atoms with Crippen molar-refractivity contribution in [3.63, 3.8) is 0 Å². The Hall–Kier alpha value is -2.00. The summed E-state index contributed by atoms with van der Waals surface area (Å²) >= 11 is 0. The molecule has 0 radical (unpaired) electrons. The summed E-state index contributed by atoms with van der Waals surface area (Å²) in [5.74, 6) is -0.233. The molecule has 1 rings (SSSR count). The van der Waals surface area contributed by atoms with Gasteiger partial charge in [-0.15, -0.1) is 10.1 Å². The quantitative estimate of drug-likeness (QED) is 0.0856. The minimum atomic E-state index is -0.877. The van der Waals surface area contributed by atoms with Crippen LogP contribution in [0.5, 0.6) is 0 Å². The highest BCUT2D eigenvalue weighted by Crippen LogP contribution is 2.38. The molecule has 34 heavy (non-hydrogen) atoms. The smallest absolute Gasteiger partial charge is 0.305 e. The molecular formula is C25H43NO8. The van der Waals surface area contributed by atoms with Crippen LogP contribution in [0.25, 0.3) is 0 Å². The number of rotatable bonds is 20. The van der Waals surface area contributed by atoms with Gasteiger partial charge in [0.15, 0.2) is 0 Å². The van der Waals surface area contributed by atoms with E-state index < -0.39 is 17.3 Å². The maximum atomic E-state index is 12.2. The van der Waals surface area contributed by atoms with Crippen LogP contribution >= 0.6 is 0 Å². The number of ketones is 1. The van der Waals surface area contributed by atoms with Crippen LogP contribution in [0, 0.1) is 22.0 Å². The first-order chi connectivity index (χ1) is 16.3. The molecule has 0 saturated heterocycles. The highest BCUT2D eigenvalue weighted by Gasteiger charge is 2.40. The number of hydrogen-bond acceptors (Lipinski definition) is 8. The van der Waals surface area contributed by atoms with Gasteiger partial charge in [-0.1, -0.05) is 44.8 Å². The average Bonchev–Trinajstić information content (AvgIpc) is 3.06. The molecule has 1 fully saturated rings. The number of carbonyl (C=O) groups excluding carboxylic acids is 2. The van der Waals surface area contributed by atoms with Gasteiger partial charge < -0.3 is 19.8 Å². The van der Waals surface area contributed by atoms with Gasteiger partial charge >= 0.3 is 5.97 Å². The van der Waals surface area contributed by atoms with Gasteiger partial charge in [-0.2, -0.15) is 0 Å². The Morgan fingerprint density at radius 2 is 1.68 bits per heavy atom. The van der Waals surface area contributed by atoms with Crippen LogP contribution in [0.1, 0.15) is 96.8 Å². The van der Waals surface area contributed by atoms with Crippen molar-refractivity contribution in [2.75, 3.05) is 13.2 Å². The van der Waals surface area contributed by atoms with E-state index in [1.54, 1.807) is 0 Å². The van der Waals surface area contributed by atoms with Crippen molar-refractivity contribution in [2.45, 2.75) is 109 Å². The molecule has 0 aliphatic heterocycles. The number of carbonyl (C=O) groups is 2. The maximum absolute atomic E-state index is 12.2. The van der Waals surface area contributed by atoms with Gasteiger partial charge in [0, 0.05) is 25.7 Å². The Bertz CT molecular complexity index is 624. The normalized spacial score (nSPS) is 22.2. The molecule has 0 heterocycles. The third-order valence-corrected chi connectivity index (χ3v) is 6.41. The largest absolute Gasteiger partial charge is 0.466 e. The molecule has 1 aliphatic rings. The number of nitrogens with zero attached hydrogens (tertiary/aromatic N) is 1. The number of ether oxygens (including phenoxy) is 1. The number of Topliss-reactive ketones (excluding diaryl/α,β-unsaturated/α-hetero) is 1. The molecule has 1 aliphatic carbocycles. The molecule has 4 atom stereocenters. The molecule has 0 aromatic carbocycles. The predicted molar refractivity (Wildman–Crippen MR) is 127 cm³/mol. The van der Waals surface area contributed by atoms with Crippen LogP contribution in [-0.4, -0.2) is 52.5 Å². The second-order valence-corrected chi connectivity index (χ2v) is 9.17. The van der Waals surface area contributed by atoms with Crippen molar-refractivity contribution in [2.24, 2.45) is 11.8 Å². The summed E-state index contributed by atoms with van der Waals surface area (Å²) in [6.45, 7) is 2.16. The standard InChI is InChI=1S/C25H43NO8/c1-2-3-4-5-8-12-20(27)15-16-22-21(23(28)19-24(22)29)13-9-6-7-10-14-25(30)33-17-11-18-34-26(31)32/h6,9,21-24,28-29H,2-5,7-8,10-19H2,1H3/t21-,22-,23+,24-/m1/s1. The Morgan fingerprint density at radius 1 is 0.941 bits per heavy atom. The highest BCUT2D eigenvalue weighted by atomic mass is 16.9. The highest BCUT2D eigenvalue weighted by molar-refractivity contribution is 5.78. The van der Waals surface area contributed by atoms with E-state index in [1.165, 1.54) is 19.3 Å². The molecule has 0 aromatic rings. The van der Waals surface area contributed by atoms with E-state index in [9.17, 15) is 29.9 Å². The zero-order valence-corrected chi connectivity index (χ0v) is 20.6. The lowest BCUT2D eigenvalue weighted by Gasteiger charge is -2.22. The summed E-state index contributed by atoms with van der Waals surface area (Å²) in [7, 11) is 0. The molecule has 2 N–H and O–H groups in total. The third kappa shape index (κ3) is 13.6. The van der Waals surface area contributed by atoms with Crippen LogP contribution in [0.3, 0.4) is 0 Å². The van der Waals surface area contributed by atoms with Crippen LogP contribution in [0.15, 0.2) is 12.2 Å². The van der Waals surface area contributed by atoms with Crippen LogP contribution in [-0.2, 0) is 19.2 Å². The van der Waals surface area contributed by atoms with Gasteiger partial charge in [0.05, 0.1) is 25.4 Å².